The molecule has 1 aliphatic heterocycles. The Morgan fingerprint density at radius 3 is 2.83 bits per heavy atom. The van der Waals surface area contributed by atoms with Crippen molar-refractivity contribution in [1.82, 2.24) is 9.47 Å². The van der Waals surface area contributed by atoms with Crippen molar-refractivity contribution in [2.24, 2.45) is 0 Å². The van der Waals surface area contributed by atoms with E-state index in [0.29, 0.717) is 0 Å². The zero-order chi connectivity index (χ0) is 16.4. The van der Waals surface area contributed by atoms with Gasteiger partial charge in [-0.2, -0.15) is 0 Å². The summed E-state index contributed by atoms with van der Waals surface area (Å²) in [6, 6.07) is 16.8. The summed E-state index contributed by atoms with van der Waals surface area (Å²) in [5, 5.41) is 0. The van der Waals surface area contributed by atoms with Crippen LogP contribution in [0.4, 0.5) is 0 Å². The lowest BCUT2D eigenvalue weighted by Crippen LogP contribution is -2.29. The van der Waals surface area contributed by atoms with E-state index >= 15 is 0 Å². The molecule has 0 saturated heterocycles. The monoisotopic (exact) mass is 322 g/mol. The van der Waals surface area contributed by atoms with Gasteiger partial charge < -0.3 is 13.7 Å². The van der Waals surface area contributed by atoms with Crippen LogP contribution in [0.2, 0.25) is 0 Å². The summed E-state index contributed by atoms with van der Waals surface area (Å²) in [5.74, 6) is 1.93. The van der Waals surface area contributed by atoms with Crippen LogP contribution in [0.5, 0.6) is 5.75 Å². The quantitative estimate of drug-likeness (QED) is 0.725. The summed E-state index contributed by atoms with van der Waals surface area (Å²) in [6.07, 6.45) is 5.04. The summed E-state index contributed by atoms with van der Waals surface area (Å²) >= 11 is 0. The summed E-state index contributed by atoms with van der Waals surface area (Å²) in [4.78, 5) is 2.48. The highest BCUT2D eigenvalue weighted by atomic mass is 16.5. The molecule has 0 N–H and O–H groups in total. The Kier molecular flexibility index (Phi) is 4.13. The topological polar surface area (TPSA) is 30.5 Å². The van der Waals surface area contributed by atoms with Gasteiger partial charge in [0.25, 0.3) is 0 Å². The van der Waals surface area contributed by atoms with Crippen LogP contribution in [-0.2, 0) is 13.1 Å². The number of hydrogen-bond acceptors (Lipinski definition) is 3. The van der Waals surface area contributed by atoms with Crippen molar-refractivity contribution < 1.29 is 9.15 Å². The first-order valence-corrected chi connectivity index (χ1v) is 8.41. The fourth-order valence-corrected chi connectivity index (χ4v) is 3.66. The number of fused-ring (bicyclic) bond motifs is 1. The second-order valence-electron chi connectivity index (χ2n) is 6.17. The fraction of sp³-hybridized carbons (Fsp3) is 0.300. The van der Waals surface area contributed by atoms with Gasteiger partial charge in [0.05, 0.1) is 26.0 Å². The third-order valence-corrected chi connectivity index (χ3v) is 4.73. The Balaban J connectivity index is 1.79. The minimum Gasteiger partial charge on any atom is -0.496 e. The minimum atomic E-state index is 0.156. The maximum Gasteiger partial charge on any atom is 0.124 e. The Bertz CT molecular complexity index is 792. The van der Waals surface area contributed by atoms with E-state index in [4.69, 9.17) is 9.15 Å². The molecular formula is C20H22N2O2. The molecule has 0 aliphatic carbocycles. The van der Waals surface area contributed by atoms with Crippen LogP contribution in [0.15, 0.2) is 65.4 Å². The molecule has 0 fully saturated rings. The van der Waals surface area contributed by atoms with Crippen LogP contribution in [0.1, 0.15) is 29.5 Å². The molecule has 0 amide bonds. The number of para-hydroxylation sites is 1. The van der Waals surface area contributed by atoms with Crippen molar-refractivity contribution >= 4 is 0 Å². The van der Waals surface area contributed by atoms with Crippen molar-refractivity contribution in [3.05, 3.63) is 78.0 Å². The maximum absolute atomic E-state index is 5.66. The molecule has 1 unspecified atom stereocenters. The molecule has 1 atom stereocenters. The third-order valence-electron chi connectivity index (χ3n) is 4.73. The predicted molar refractivity (Wildman–Crippen MR) is 93.0 cm³/mol. The summed E-state index contributed by atoms with van der Waals surface area (Å²) in [7, 11) is 1.74. The molecular weight excluding hydrogens is 300 g/mol. The second-order valence-corrected chi connectivity index (χ2v) is 6.17. The normalized spacial score (nSPS) is 18.1. The first-order valence-electron chi connectivity index (χ1n) is 8.41. The van der Waals surface area contributed by atoms with E-state index in [1.807, 2.05) is 24.3 Å². The molecule has 124 valence electrons. The number of benzene rings is 1. The summed E-state index contributed by atoms with van der Waals surface area (Å²) < 4.78 is 13.6. The van der Waals surface area contributed by atoms with E-state index in [2.05, 4.69) is 39.9 Å². The number of hydrogen-bond donors (Lipinski definition) is 0. The Hall–Kier alpha value is -2.46. The number of aromatic nitrogens is 1. The zero-order valence-electron chi connectivity index (χ0n) is 13.9. The number of ether oxygens (including phenoxy) is 1. The van der Waals surface area contributed by atoms with Gasteiger partial charge in [0.15, 0.2) is 0 Å². The molecule has 0 bridgehead atoms. The van der Waals surface area contributed by atoms with Crippen molar-refractivity contribution in [3.8, 4) is 5.75 Å². The average molecular weight is 322 g/mol. The SMILES string of the molecule is COc1ccccc1C1c2cccn2CCCN1Cc1ccco1. The van der Waals surface area contributed by atoms with Gasteiger partial charge in [0.1, 0.15) is 11.5 Å². The van der Waals surface area contributed by atoms with E-state index in [1.165, 1.54) is 11.3 Å². The largest absolute Gasteiger partial charge is 0.496 e. The van der Waals surface area contributed by atoms with Crippen LogP contribution in [-0.4, -0.2) is 23.1 Å². The molecule has 4 nitrogen and oxygen atoms in total. The van der Waals surface area contributed by atoms with Crippen LogP contribution in [0, 0.1) is 0 Å². The second kappa shape index (κ2) is 6.57. The molecule has 3 heterocycles. The minimum absolute atomic E-state index is 0.156. The molecule has 4 heteroatoms. The average Bonchev–Trinajstić information content (AvgIpc) is 3.25. The van der Waals surface area contributed by atoms with E-state index in [1.54, 1.807) is 13.4 Å². The summed E-state index contributed by atoms with van der Waals surface area (Å²) in [6.45, 7) is 2.86. The van der Waals surface area contributed by atoms with Gasteiger partial charge in [-0.15, -0.1) is 0 Å². The molecule has 0 radical (unpaired) electrons. The lowest BCUT2D eigenvalue weighted by molar-refractivity contribution is 0.200. The van der Waals surface area contributed by atoms with Crippen LogP contribution in [0.25, 0.3) is 0 Å². The maximum atomic E-state index is 5.66. The van der Waals surface area contributed by atoms with Gasteiger partial charge in [-0.3, -0.25) is 4.90 Å². The van der Waals surface area contributed by atoms with Crippen LogP contribution >= 0.6 is 0 Å². The molecule has 1 aliphatic rings. The van der Waals surface area contributed by atoms with Crippen molar-refractivity contribution in [3.63, 3.8) is 0 Å². The third kappa shape index (κ3) is 2.74. The molecule has 4 rings (SSSR count). The van der Waals surface area contributed by atoms with E-state index in [9.17, 15) is 0 Å². The van der Waals surface area contributed by atoms with Gasteiger partial charge in [0, 0.05) is 30.5 Å². The number of furan rings is 1. The zero-order valence-corrected chi connectivity index (χ0v) is 13.9. The first-order chi connectivity index (χ1) is 11.9. The highest BCUT2D eigenvalue weighted by Gasteiger charge is 2.29. The Morgan fingerprint density at radius 1 is 1.08 bits per heavy atom. The van der Waals surface area contributed by atoms with Gasteiger partial charge in [-0.1, -0.05) is 18.2 Å². The highest BCUT2D eigenvalue weighted by molar-refractivity contribution is 5.40. The number of nitrogens with zero attached hydrogens (tertiary/aromatic N) is 2. The van der Waals surface area contributed by atoms with Crippen molar-refractivity contribution in [2.45, 2.75) is 25.6 Å². The molecule has 2 aromatic heterocycles. The number of aryl methyl sites for hydroxylation is 1. The predicted octanol–water partition coefficient (Wildman–Crippen LogP) is 4.09. The lowest BCUT2D eigenvalue weighted by Gasteiger charge is -2.30. The first kappa shape index (κ1) is 15.1. The van der Waals surface area contributed by atoms with Crippen LogP contribution in [0.3, 0.4) is 0 Å². The number of methoxy groups -OCH3 is 1. The van der Waals surface area contributed by atoms with E-state index < -0.39 is 0 Å². The van der Waals surface area contributed by atoms with Gasteiger partial charge in [-0.05, 0) is 36.8 Å². The number of rotatable bonds is 4. The molecule has 3 aromatic rings. The molecule has 0 saturated carbocycles. The van der Waals surface area contributed by atoms with Crippen LogP contribution < -0.4 is 4.74 Å². The molecule has 24 heavy (non-hydrogen) atoms. The highest BCUT2D eigenvalue weighted by Crippen LogP contribution is 2.37. The standard InChI is InChI=1S/C20H22N2O2/c1-23-19-10-3-2-8-17(19)20-18-9-4-11-21(18)12-6-13-22(20)15-16-7-5-14-24-16/h2-5,7-11,14,20H,6,12-13,15H2,1H3. The molecule has 0 spiro atoms. The van der Waals surface area contributed by atoms with E-state index in [0.717, 1.165) is 37.6 Å². The van der Waals surface area contributed by atoms with Crippen molar-refractivity contribution in [2.75, 3.05) is 13.7 Å². The van der Waals surface area contributed by atoms with Gasteiger partial charge in [0.2, 0.25) is 0 Å². The van der Waals surface area contributed by atoms with Crippen molar-refractivity contribution in [1.29, 1.82) is 0 Å². The van der Waals surface area contributed by atoms with E-state index in [-0.39, 0.29) is 6.04 Å². The Morgan fingerprint density at radius 2 is 2.00 bits per heavy atom. The Labute approximate surface area is 142 Å². The fourth-order valence-electron chi connectivity index (χ4n) is 3.66. The summed E-state index contributed by atoms with van der Waals surface area (Å²) in [5.41, 5.74) is 2.51. The lowest BCUT2D eigenvalue weighted by atomic mass is 10.0. The van der Waals surface area contributed by atoms with Gasteiger partial charge >= 0.3 is 0 Å². The smallest absolute Gasteiger partial charge is 0.124 e. The van der Waals surface area contributed by atoms with Gasteiger partial charge in [-0.25, -0.2) is 0 Å². The molecule has 1 aromatic carbocycles.